The zero-order chi connectivity index (χ0) is 17.5. The Kier molecular flexibility index (Phi) is 6.25. The Balaban J connectivity index is 1.97. The molecule has 8 heteroatoms. The van der Waals surface area contributed by atoms with Crippen LogP contribution in [-0.4, -0.2) is 28.2 Å². The summed E-state index contributed by atoms with van der Waals surface area (Å²) in [6, 6.07) is 7.95. The van der Waals surface area contributed by atoms with E-state index in [2.05, 4.69) is 26.1 Å². The third kappa shape index (κ3) is 5.02. The lowest BCUT2D eigenvalue weighted by molar-refractivity contribution is -0.118. The van der Waals surface area contributed by atoms with Crippen LogP contribution in [0.15, 0.2) is 30.3 Å². The number of anilines is 2. The Morgan fingerprint density at radius 3 is 2.42 bits per heavy atom. The van der Waals surface area contributed by atoms with E-state index in [9.17, 15) is 9.59 Å². The fourth-order valence-corrected chi connectivity index (χ4v) is 2.68. The van der Waals surface area contributed by atoms with E-state index >= 15 is 0 Å². The van der Waals surface area contributed by atoms with Crippen LogP contribution < -0.4 is 16.0 Å². The Hall–Kier alpha value is -2.48. The molecule has 0 radical (unpaired) electrons. The first-order valence-corrected chi connectivity index (χ1v) is 8.57. The Morgan fingerprint density at radius 2 is 1.83 bits per heavy atom. The molecule has 0 aliphatic heterocycles. The molecular weight excluding hydrogens is 326 g/mol. The van der Waals surface area contributed by atoms with E-state index < -0.39 is 12.1 Å². The van der Waals surface area contributed by atoms with Gasteiger partial charge in [-0.1, -0.05) is 50.3 Å². The number of hydrogen-bond acceptors (Lipinski definition) is 5. The summed E-state index contributed by atoms with van der Waals surface area (Å²) < 4.78 is 0. The van der Waals surface area contributed by atoms with Crippen LogP contribution in [0.2, 0.25) is 0 Å². The molecule has 1 heterocycles. The van der Waals surface area contributed by atoms with Gasteiger partial charge >= 0.3 is 6.03 Å². The van der Waals surface area contributed by atoms with Gasteiger partial charge in [0.2, 0.25) is 11.0 Å². The highest BCUT2D eigenvalue weighted by Gasteiger charge is 2.25. The number of para-hydroxylation sites is 1. The van der Waals surface area contributed by atoms with Crippen LogP contribution in [0.5, 0.6) is 0 Å². The van der Waals surface area contributed by atoms with Crippen molar-refractivity contribution < 1.29 is 9.59 Å². The van der Waals surface area contributed by atoms with Crippen LogP contribution >= 0.6 is 11.3 Å². The van der Waals surface area contributed by atoms with Gasteiger partial charge in [-0.05, 0) is 24.5 Å². The summed E-state index contributed by atoms with van der Waals surface area (Å²) in [4.78, 5) is 24.5. The molecule has 1 atom stereocenters. The van der Waals surface area contributed by atoms with Crippen molar-refractivity contribution in [2.45, 2.75) is 33.2 Å². The molecule has 0 aliphatic carbocycles. The molecule has 128 valence electrons. The molecule has 0 saturated heterocycles. The molecule has 3 N–H and O–H groups in total. The first-order valence-electron chi connectivity index (χ1n) is 7.75. The van der Waals surface area contributed by atoms with Crippen molar-refractivity contribution in [2.75, 3.05) is 10.6 Å². The number of nitrogens with zero attached hydrogens (tertiary/aromatic N) is 2. The lowest BCUT2D eigenvalue weighted by Crippen LogP contribution is -2.48. The van der Waals surface area contributed by atoms with Crippen LogP contribution in [0.25, 0.3) is 0 Å². The lowest BCUT2D eigenvalue weighted by Gasteiger charge is -2.21. The van der Waals surface area contributed by atoms with E-state index in [-0.39, 0.29) is 11.8 Å². The molecule has 7 nitrogen and oxygen atoms in total. The summed E-state index contributed by atoms with van der Waals surface area (Å²) in [6.45, 7) is 5.70. The van der Waals surface area contributed by atoms with E-state index in [4.69, 9.17) is 0 Å². The van der Waals surface area contributed by atoms with Gasteiger partial charge in [0, 0.05) is 5.69 Å². The maximum Gasteiger partial charge on any atom is 0.319 e. The number of aromatic nitrogens is 2. The third-order valence-corrected chi connectivity index (χ3v) is 4.25. The summed E-state index contributed by atoms with van der Waals surface area (Å²) >= 11 is 1.33. The smallest absolute Gasteiger partial charge is 0.319 e. The van der Waals surface area contributed by atoms with E-state index in [0.29, 0.717) is 10.8 Å². The largest absolute Gasteiger partial charge is 0.326 e. The number of carbonyl (C=O) groups is 2. The van der Waals surface area contributed by atoms with Gasteiger partial charge in [-0.2, -0.15) is 0 Å². The molecule has 0 fully saturated rings. The number of urea groups is 1. The van der Waals surface area contributed by atoms with Crippen molar-refractivity contribution in [1.82, 2.24) is 15.5 Å². The quantitative estimate of drug-likeness (QED) is 0.748. The molecule has 0 spiro atoms. The maximum atomic E-state index is 12.4. The zero-order valence-electron chi connectivity index (χ0n) is 13.9. The van der Waals surface area contributed by atoms with Crippen molar-refractivity contribution in [3.05, 3.63) is 35.3 Å². The predicted molar refractivity (Wildman–Crippen MR) is 95.1 cm³/mol. The molecule has 3 amide bonds. The number of amides is 3. The summed E-state index contributed by atoms with van der Waals surface area (Å²) in [7, 11) is 0. The summed E-state index contributed by atoms with van der Waals surface area (Å²) in [5, 5.41) is 17.3. The topological polar surface area (TPSA) is 96.0 Å². The van der Waals surface area contributed by atoms with Crippen molar-refractivity contribution in [3.8, 4) is 0 Å². The van der Waals surface area contributed by atoms with Gasteiger partial charge in [-0.3, -0.25) is 10.1 Å². The minimum atomic E-state index is -0.678. The molecule has 2 aromatic rings. The Labute approximate surface area is 144 Å². The summed E-state index contributed by atoms with van der Waals surface area (Å²) in [5.41, 5.74) is 0.662. The number of hydrogen-bond donors (Lipinski definition) is 3. The fourth-order valence-electron chi connectivity index (χ4n) is 1.99. The zero-order valence-corrected chi connectivity index (χ0v) is 14.7. The summed E-state index contributed by atoms with van der Waals surface area (Å²) in [6.07, 6.45) is 0.763. The van der Waals surface area contributed by atoms with Crippen molar-refractivity contribution in [1.29, 1.82) is 0 Å². The minimum absolute atomic E-state index is 0.0786. The standard InChI is InChI=1S/C16H21N5O2S/c1-4-12-20-21-16(24-12)19-14(22)13(10(2)3)18-15(23)17-11-8-6-5-7-9-11/h5-10,13H,4H2,1-3H3,(H2,17,18,23)(H,19,21,22). The van der Waals surface area contributed by atoms with E-state index in [1.54, 1.807) is 12.1 Å². The predicted octanol–water partition coefficient (Wildman–Crippen LogP) is 2.89. The van der Waals surface area contributed by atoms with Gasteiger partial charge in [0.15, 0.2) is 0 Å². The molecule has 1 aromatic heterocycles. The molecular formula is C16H21N5O2S. The molecule has 2 rings (SSSR count). The normalized spacial score (nSPS) is 11.8. The molecule has 24 heavy (non-hydrogen) atoms. The van der Waals surface area contributed by atoms with E-state index in [0.717, 1.165) is 11.4 Å². The Bertz CT molecular complexity index is 687. The number of benzene rings is 1. The number of nitrogens with one attached hydrogen (secondary N) is 3. The SMILES string of the molecule is CCc1nnc(NC(=O)C(NC(=O)Nc2ccccc2)C(C)C)s1. The van der Waals surface area contributed by atoms with Gasteiger partial charge in [0.1, 0.15) is 11.0 Å². The number of aryl methyl sites for hydroxylation is 1. The average Bonchev–Trinajstić information content (AvgIpc) is 3.00. The fraction of sp³-hybridized carbons (Fsp3) is 0.375. The molecule has 1 aromatic carbocycles. The van der Waals surface area contributed by atoms with Gasteiger partial charge in [0.25, 0.3) is 0 Å². The highest BCUT2D eigenvalue weighted by atomic mass is 32.1. The highest BCUT2D eigenvalue weighted by molar-refractivity contribution is 7.15. The Morgan fingerprint density at radius 1 is 1.12 bits per heavy atom. The van der Waals surface area contributed by atoms with Gasteiger partial charge < -0.3 is 10.6 Å². The number of carbonyl (C=O) groups excluding carboxylic acids is 2. The van der Waals surface area contributed by atoms with Crippen molar-refractivity contribution in [3.63, 3.8) is 0 Å². The first-order chi connectivity index (χ1) is 11.5. The molecule has 0 bridgehead atoms. The van der Waals surface area contributed by atoms with Crippen LogP contribution in [-0.2, 0) is 11.2 Å². The molecule has 0 saturated carbocycles. The van der Waals surface area contributed by atoms with Crippen molar-refractivity contribution >= 4 is 34.1 Å². The minimum Gasteiger partial charge on any atom is -0.326 e. The summed E-state index contributed by atoms with van der Waals surface area (Å²) in [5.74, 6) is -0.392. The van der Waals surface area contributed by atoms with Crippen LogP contribution in [0, 0.1) is 5.92 Å². The lowest BCUT2D eigenvalue weighted by atomic mass is 10.0. The third-order valence-electron chi connectivity index (χ3n) is 3.27. The monoisotopic (exact) mass is 347 g/mol. The van der Waals surface area contributed by atoms with Gasteiger partial charge in [0.05, 0.1) is 0 Å². The first kappa shape index (κ1) is 17.9. The van der Waals surface area contributed by atoms with Crippen molar-refractivity contribution in [2.24, 2.45) is 5.92 Å². The van der Waals surface area contributed by atoms with Crippen LogP contribution in [0.1, 0.15) is 25.8 Å². The maximum absolute atomic E-state index is 12.4. The van der Waals surface area contributed by atoms with E-state index in [1.807, 2.05) is 39.0 Å². The van der Waals surface area contributed by atoms with Gasteiger partial charge in [-0.25, -0.2) is 4.79 Å². The second-order valence-corrected chi connectivity index (χ2v) is 6.59. The molecule has 0 aliphatic rings. The second kappa shape index (κ2) is 8.39. The highest BCUT2D eigenvalue weighted by Crippen LogP contribution is 2.16. The van der Waals surface area contributed by atoms with Gasteiger partial charge in [-0.15, -0.1) is 10.2 Å². The van der Waals surface area contributed by atoms with Crippen LogP contribution in [0.4, 0.5) is 15.6 Å². The molecule has 1 unspecified atom stereocenters. The average molecular weight is 347 g/mol. The van der Waals surface area contributed by atoms with Crippen LogP contribution in [0.3, 0.4) is 0 Å². The van der Waals surface area contributed by atoms with E-state index in [1.165, 1.54) is 11.3 Å². The second-order valence-electron chi connectivity index (χ2n) is 5.53. The number of rotatable bonds is 6.